The van der Waals surface area contributed by atoms with Gasteiger partial charge in [0.05, 0.1) is 5.92 Å². The number of carbonyl (C=O) groups is 3. The minimum atomic E-state index is -2.94. The van der Waals surface area contributed by atoms with Crippen molar-refractivity contribution in [1.82, 2.24) is 0 Å². The van der Waals surface area contributed by atoms with Crippen LogP contribution in [-0.2, 0) is 14.4 Å². The number of halogens is 3. The second-order valence-corrected chi connectivity index (χ2v) is 3.18. The van der Waals surface area contributed by atoms with E-state index < -0.39 is 42.3 Å². The van der Waals surface area contributed by atoms with Crippen molar-refractivity contribution in [3.05, 3.63) is 12.2 Å². The van der Waals surface area contributed by atoms with E-state index in [1.807, 2.05) is 0 Å². The monoisotopic (exact) mass is 270 g/mol. The molecule has 102 valence electrons. The predicted octanol–water partition coefficient (Wildman–Crippen LogP) is 0.427. The lowest BCUT2D eigenvalue weighted by molar-refractivity contribution is -0.150. The van der Waals surface area contributed by atoms with E-state index in [-0.39, 0.29) is 12.2 Å². The molecule has 6 nitrogen and oxygen atoms in total. The molecule has 0 amide bonds. The number of alkyl halides is 3. The second-order valence-electron chi connectivity index (χ2n) is 3.18. The molecule has 0 aliphatic carbocycles. The lowest BCUT2D eigenvalue weighted by Gasteiger charge is -2.15. The summed E-state index contributed by atoms with van der Waals surface area (Å²) in [7, 11) is 0. The summed E-state index contributed by atoms with van der Waals surface area (Å²) in [6, 6.07) is 0. The zero-order valence-corrected chi connectivity index (χ0v) is 8.66. The van der Waals surface area contributed by atoms with Gasteiger partial charge in [0, 0.05) is 0 Å². The quantitative estimate of drug-likeness (QED) is 0.578. The molecule has 0 bridgehead atoms. The fourth-order valence-electron chi connectivity index (χ4n) is 0.981. The minimum Gasteiger partial charge on any atom is -0.479 e. The molecule has 0 aromatic carbocycles. The molecule has 0 saturated heterocycles. The Labute approximate surface area is 98.3 Å². The van der Waals surface area contributed by atoms with Gasteiger partial charge in [-0.3, -0.25) is 0 Å². The van der Waals surface area contributed by atoms with Crippen molar-refractivity contribution in [2.75, 3.05) is 0 Å². The van der Waals surface area contributed by atoms with E-state index in [1.165, 1.54) is 0 Å². The number of hydrogen-bond acceptors (Lipinski definition) is 3. The third-order valence-electron chi connectivity index (χ3n) is 1.89. The SMILES string of the molecule is O=C(O)C(F)C=CC(C(F)C(=O)O)C(F)C(=O)O. The Bertz CT molecular complexity index is 349. The van der Waals surface area contributed by atoms with Crippen molar-refractivity contribution in [2.24, 2.45) is 5.92 Å². The maximum absolute atomic E-state index is 13.0. The number of aliphatic carboxylic acids is 3. The molecule has 0 radical (unpaired) electrons. The Balaban J connectivity index is 5.05. The van der Waals surface area contributed by atoms with E-state index in [9.17, 15) is 27.6 Å². The third kappa shape index (κ3) is 4.44. The molecule has 0 fully saturated rings. The molecule has 3 atom stereocenters. The van der Waals surface area contributed by atoms with Gasteiger partial charge in [-0.1, -0.05) is 6.08 Å². The fourth-order valence-corrected chi connectivity index (χ4v) is 0.981. The summed E-state index contributed by atoms with van der Waals surface area (Å²) < 4.78 is 38.6. The first-order chi connectivity index (χ1) is 8.18. The summed E-state index contributed by atoms with van der Waals surface area (Å²) in [4.78, 5) is 30.6. The van der Waals surface area contributed by atoms with Crippen molar-refractivity contribution >= 4 is 17.9 Å². The van der Waals surface area contributed by atoms with Crippen LogP contribution in [0.4, 0.5) is 13.2 Å². The Hall–Kier alpha value is -2.06. The van der Waals surface area contributed by atoms with Gasteiger partial charge in [-0.15, -0.1) is 0 Å². The van der Waals surface area contributed by atoms with Gasteiger partial charge in [0.1, 0.15) is 0 Å². The van der Waals surface area contributed by atoms with Gasteiger partial charge in [0.15, 0.2) is 0 Å². The largest absolute Gasteiger partial charge is 0.479 e. The molecule has 18 heavy (non-hydrogen) atoms. The summed E-state index contributed by atoms with van der Waals surface area (Å²) >= 11 is 0. The molecule has 0 aromatic heterocycles. The van der Waals surface area contributed by atoms with E-state index in [0.717, 1.165) is 0 Å². The number of rotatable bonds is 7. The topological polar surface area (TPSA) is 112 Å². The second kappa shape index (κ2) is 6.62. The van der Waals surface area contributed by atoms with Crippen molar-refractivity contribution in [1.29, 1.82) is 0 Å². The molecule has 3 unspecified atom stereocenters. The molecule has 3 N–H and O–H groups in total. The van der Waals surface area contributed by atoms with Gasteiger partial charge in [0.25, 0.3) is 0 Å². The van der Waals surface area contributed by atoms with Crippen molar-refractivity contribution in [3.8, 4) is 0 Å². The summed E-state index contributed by atoms with van der Waals surface area (Å²) in [6.07, 6.45) is -8.06. The van der Waals surface area contributed by atoms with Crippen LogP contribution in [-0.4, -0.2) is 51.7 Å². The maximum Gasteiger partial charge on any atom is 0.342 e. The van der Waals surface area contributed by atoms with E-state index in [4.69, 9.17) is 15.3 Å². The Morgan fingerprint density at radius 3 is 1.44 bits per heavy atom. The highest BCUT2D eigenvalue weighted by Crippen LogP contribution is 2.19. The molecular weight excluding hydrogens is 261 g/mol. The maximum atomic E-state index is 13.0. The molecule has 0 aliphatic rings. The summed E-state index contributed by atoms with van der Waals surface area (Å²) in [5, 5.41) is 24.7. The van der Waals surface area contributed by atoms with E-state index in [1.54, 1.807) is 0 Å². The van der Waals surface area contributed by atoms with Crippen LogP contribution in [0.25, 0.3) is 0 Å². The molecule has 0 spiro atoms. The van der Waals surface area contributed by atoms with Crippen LogP contribution in [0.2, 0.25) is 0 Å². The van der Waals surface area contributed by atoms with Crippen molar-refractivity contribution in [3.63, 3.8) is 0 Å². The van der Waals surface area contributed by atoms with Crippen LogP contribution in [0.3, 0.4) is 0 Å². The molecule has 0 saturated carbocycles. The first-order valence-electron chi connectivity index (χ1n) is 4.47. The smallest absolute Gasteiger partial charge is 0.342 e. The summed E-state index contributed by atoms with van der Waals surface area (Å²) in [5.74, 6) is -8.56. The molecule has 0 aliphatic heterocycles. The predicted molar refractivity (Wildman–Crippen MR) is 50.2 cm³/mol. The highest BCUT2D eigenvalue weighted by Gasteiger charge is 2.37. The van der Waals surface area contributed by atoms with Gasteiger partial charge in [-0.05, 0) is 6.08 Å². The van der Waals surface area contributed by atoms with Crippen LogP contribution < -0.4 is 0 Å². The van der Waals surface area contributed by atoms with Gasteiger partial charge in [-0.25, -0.2) is 27.6 Å². The average Bonchev–Trinajstić information content (AvgIpc) is 2.27. The highest BCUT2D eigenvalue weighted by molar-refractivity contribution is 5.78. The van der Waals surface area contributed by atoms with Crippen LogP contribution in [0.1, 0.15) is 0 Å². The zero-order valence-electron chi connectivity index (χ0n) is 8.66. The molecule has 0 rings (SSSR count). The van der Waals surface area contributed by atoms with Crippen LogP contribution in [0, 0.1) is 5.92 Å². The third-order valence-corrected chi connectivity index (χ3v) is 1.89. The van der Waals surface area contributed by atoms with Gasteiger partial charge in [-0.2, -0.15) is 0 Å². The molecular formula is C9H9F3O6. The average molecular weight is 270 g/mol. The Morgan fingerprint density at radius 2 is 1.17 bits per heavy atom. The fraction of sp³-hybridized carbons (Fsp3) is 0.444. The summed E-state index contributed by atoms with van der Waals surface area (Å²) in [6.45, 7) is 0. The van der Waals surface area contributed by atoms with E-state index in [0.29, 0.717) is 0 Å². The Kier molecular flexibility index (Phi) is 5.86. The number of hydrogen-bond donors (Lipinski definition) is 3. The zero-order chi connectivity index (χ0) is 14.5. The van der Waals surface area contributed by atoms with Crippen molar-refractivity contribution in [2.45, 2.75) is 18.5 Å². The van der Waals surface area contributed by atoms with Crippen LogP contribution >= 0.6 is 0 Å². The van der Waals surface area contributed by atoms with Crippen molar-refractivity contribution < 1.29 is 42.9 Å². The van der Waals surface area contributed by atoms with Gasteiger partial charge < -0.3 is 15.3 Å². The highest BCUT2D eigenvalue weighted by atomic mass is 19.1. The molecule has 0 aromatic rings. The lowest BCUT2D eigenvalue weighted by atomic mass is 9.96. The molecule has 0 heterocycles. The Morgan fingerprint density at radius 1 is 0.778 bits per heavy atom. The first-order valence-corrected chi connectivity index (χ1v) is 4.47. The van der Waals surface area contributed by atoms with Gasteiger partial charge >= 0.3 is 17.9 Å². The molecule has 9 heteroatoms. The standard InChI is InChI=1S/C9H9F3O6/c10-4(7(13)14)2-1-3(5(11)8(15)16)6(12)9(17)18/h1-6H,(H,13,14)(H,15,16)(H,17,18). The number of allylic oxidation sites excluding steroid dienone is 1. The van der Waals surface area contributed by atoms with Gasteiger partial charge in [0.2, 0.25) is 18.5 Å². The first kappa shape index (κ1) is 15.9. The van der Waals surface area contributed by atoms with Crippen LogP contribution in [0.5, 0.6) is 0 Å². The minimum absolute atomic E-state index is 0.179. The lowest BCUT2D eigenvalue weighted by Crippen LogP contribution is -2.35. The van der Waals surface area contributed by atoms with E-state index >= 15 is 0 Å². The normalized spacial score (nSPS) is 17.9. The van der Waals surface area contributed by atoms with E-state index in [2.05, 4.69) is 0 Å². The summed E-state index contributed by atoms with van der Waals surface area (Å²) in [5.41, 5.74) is 0. The number of carboxylic acids is 3. The van der Waals surface area contributed by atoms with Crippen LogP contribution in [0.15, 0.2) is 12.2 Å². The number of carboxylic acid groups (broad SMARTS) is 3.